The van der Waals surface area contributed by atoms with E-state index in [9.17, 15) is 9.59 Å². The number of carbonyl (C=O) groups excluding carboxylic acids is 2. The molecular formula is C15H22N2O3. The Morgan fingerprint density at radius 2 is 2.05 bits per heavy atom. The number of amides is 3. The van der Waals surface area contributed by atoms with E-state index in [1.165, 1.54) is 0 Å². The first kappa shape index (κ1) is 16.0. The molecule has 0 aliphatic carbocycles. The Hall–Kier alpha value is -2.04. The Kier molecular flexibility index (Phi) is 7.17. The van der Waals surface area contributed by atoms with Crippen molar-refractivity contribution in [2.24, 2.45) is 0 Å². The lowest BCUT2D eigenvalue weighted by atomic mass is 10.2. The van der Waals surface area contributed by atoms with Gasteiger partial charge < -0.3 is 10.1 Å². The minimum absolute atomic E-state index is 0.172. The highest BCUT2D eigenvalue weighted by Gasteiger charge is 2.07. The molecule has 0 bridgehead atoms. The van der Waals surface area contributed by atoms with Crippen LogP contribution >= 0.6 is 0 Å². The first-order chi connectivity index (χ1) is 9.65. The summed E-state index contributed by atoms with van der Waals surface area (Å²) in [5.41, 5.74) is 1.14. The van der Waals surface area contributed by atoms with E-state index in [1.807, 2.05) is 32.0 Å². The topological polar surface area (TPSA) is 67.4 Å². The highest BCUT2D eigenvalue weighted by Crippen LogP contribution is 2.13. The molecule has 5 heteroatoms. The number of imide groups is 1. The fraction of sp³-hybridized carbons (Fsp3) is 0.467. The van der Waals surface area contributed by atoms with Gasteiger partial charge in [-0.05, 0) is 30.5 Å². The quantitative estimate of drug-likeness (QED) is 0.752. The van der Waals surface area contributed by atoms with Crippen LogP contribution in [-0.4, -0.2) is 25.1 Å². The van der Waals surface area contributed by atoms with Gasteiger partial charge in [0.25, 0.3) is 5.91 Å². The second kappa shape index (κ2) is 8.96. The molecule has 0 unspecified atom stereocenters. The normalized spacial score (nSPS) is 9.90. The number of hydrogen-bond donors (Lipinski definition) is 2. The third kappa shape index (κ3) is 6.22. The van der Waals surface area contributed by atoms with E-state index >= 15 is 0 Å². The number of hydrogen-bond acceptors (Lipinski definition) is 3. The molecule has 0 aliphatic heterocycles. The number of urea groups is 1. The molecule has 0 atom stereocenters. The lowest BCUT2D eigenvalue weighted by Gasteiger charge is -2.08. The van der Waals surface area contributed by atoms with Crippen LogP contribution in [0.15, 0.2) is 24.3 Å². The number of benzene rings is 1. The van der Waals surface area contributed by atoms with Gasteiger partial charge in [0.2, 0.25) is 0 Å². The SMILES string of the molecule is CCCCNC(=O)NC(=O)COc1cccc(CC)c1. The monoisotopic (exact) mass is 278 g/mol. The molecule has 0 spiro atoms. The molecule has 0 aliphatic rings. The summed E-state index contributed by atoms with van der Waals surface area (Å²) in [5, 5.41) is 4.83. The van der Waals surface area contributed by atoms with E-state index in [0.29, 0.717) is 12.3 Å². The Bertz CT molecular complexity index is 446. The van der Waals surface area contributed by atoms with E-state index in [0.717, 1.165) is 24.8 Å². The standard InChI is InChI=1S/C15H22N2O3/c1-3-5-9-16-15(19)17-14(18)11-20-13-8-6-7-12(4-2)10-13/h6-8,10H,3-5,9,11H2,1-2H3,(H2,16,17,18,19). The smallest absolute Gasteiger partial charge is 0.321 e. The van der Waals surface area contributed by atoms with E-state index in [4.69, 9.17) is 4.74 Å². The minimum Gasteiger partial charge on any atom is -0.484 e. The van der Waals surface area contributed by atoms with Crippen molar-refractivity contribution in [3.8, 4) is 5.75 Å². The molecule has 2 N–H and O–H groups in total. The van der Waals surface area contributed by atoms with Gasteiger partial charge in [0.05, 0.1) is 0 Å². The number of ether oxygens (including phenoxy) is 1. The fourth-order valence-electron chi connectivity index (χ4n) is 1.59. The minimum atomic E-state index is -0.477. The first-order valence-electron chi connectivity index (χ1n) is 6.95. The number of unbranched alkanes of at least 4 members (excludes halogenated alkanes) is 1. The van der Waals surface area contributed by atoms with Gasteiger partial charge in [-0.1, -0.05) is 32.4 Å². The average Bonchev–Trinajstić information content (AvgIpc) is 2.45. The van der Waals surface area contributed by atoms with Crippen molar-refractivity contribution in [2.45, 2.75) is 33.1 Å². The molecular weight excluding hydrogens is 256 g/mol. The number of rotatable bonds is 7. The number of nitrogens with one attached hydrogen (secondary N) is 2. The van der Waals surface area contributed by atoms with Crippen molar-refractivity contribution in [1.29, 1.82) is 0 Å². The lowest BCUT2D eigenvalue weighted by Crippen LogP contribution is -2.41. The predicted molar refractivity (Wildman–Crippen MR) is 77.8 cm³/mol. The Morgan fingerprint density at radius 1 is 1.25 bits per heavy atom. The first-order valence-corrected chi connectivity index (χ1v) is 6.95. The lowest BCUT2D eigenvalue weighted by molar-refractivity contribution is -0.122. The van der Waals surface area contributed by atoms with Gasteiger partial charge in [-0.3, -0.25) is 10.1 Å². The highest BCUT2D eigenvalue weighted by atomic mass is 16.5. The molecule has 0 saturated heterocycles. The summed E-state index contributed by atoms with van der Waals surface area (Å²) in [7, 11) is 0. The van der Waals surface area contributed by atoms with Crippen LogP contribution in [0.1, 0.15) is 32.3 Å². The Labute approximate surface area is 119 Å². The molecule has 0 fully saturated rings. The predicted octanol–water partition coefficient (Wildman–Crippen LogP) is 2.25. The van der Waals surface area contributed by atoms with Crippen LogP contribution in [0.5, 0.6) is 5.75 Å². The highest BCUT2D eigenvalue weighted by molar-refractivity contribution is 5.94. The summed E-state index contributed by atoms with van der Waals surface area (Å²) in [4.78, 5) is 22.9. The zero-order chi connectivity index (χ0) is 14.8. The zero-order valence-electron chi connectivity index (χ0n) is 12.1. The van der Waals surface area contributed by atoms with Gasteiger partial charge in [-0.15, -0.1) is 0 Å². The Balaban J connectivity index is 2.30. The van der Waals surface area contributed by atoms with Crippen molar-refractivity contribution in [2.75, 3.05) is 13.2 Å². The molecule has 0 aromatic heterocycles. The summed E-state index contributed by atoms with van der Waals surface area (Å²) >= 11 is 0. The maximum Gasteiger partial charge on any atom is 0.321 e. The van der Waals surface area contributed by atoms with Crippen LogP contribution in [0, 0.1) is 0 Å². The molecule has 0 saturated carbocycles. The van der Waals surface area contributed by atoms with Gasteiger partial charge in [0.15, 0.2) is 6.61 Å². The molecule has 1 aromatic carbocycles. The molecule has 5 nitrogen and oxygen atoms in total. The van der Waals surface area contributed by atoms with Crippen LogP contribution in [0.3, 0.4) is 0 Å². The van der Waals surface area contributed by atoms with E-state index in [2.05, 4.69) is 10.6 Å². The van der Waals surface area contributed by atoms with Crippen molar-refractivity contribution in [1.82, 2.24) is 10.6 Å². The van der Waals surface area contributed by atoms with Gasteiger partial charge in [0.1, 0.15) is 5.75 Å². The van der Waals surface area contributed by atoms with Gasteiger partial charge in [-0.25, -0.2) is 4.79 Å². The van der Waals surface area contributed by atoms with E-state index in [-0.39, 0.29) is 6.61 Å². The number of carbonyl (C=O) groups is 2. The fourth-order valence-corrected chi connectivity index (χ4v) is 1.59. The van der Waals surface area contributed by atoms with Crippen molar-refractivity contribution in [3.05, 3.63) is 29.8 Å². The zero-order valence-corrected chi connectivity index (χ0v) is 12.1. The second-order valence-electron chi connectivity index (χ2n) is 4.45. The summed E-state index contributed by atoms with van der Waals surface area (Å²) in [6.07, 6.45) is 2.79. The second-order valence-corrected chi connectivity index (χ2v) is 4.45. The summed E-state index contributed by atoms with van der Waals surface area (Å²) in [6, 6.07) is 7.06. The van der Waals surface area contributed by atoms with Gasteiger partial charge >= 0.3 is 6.03 Å². The molecule has 1 rings (SSSR count). The van der Waals surface area contributed by atoms with Gasteiger partial charge in [-0.2, -0.15) is 0 Å². The van der Waals surface area contributed by atoms with E-state index < -0.39 is 11.9 Å². The molecule has 3 amide bonds. The molecule has 110 valence electrons. The summed E-state index contributed by atoms with van der Waals surface area (Å²) in [6.45, 7) is 4.47. The van der Waals surface area contributed by atoms with Crippen molar-refractivity contribution < 1.29 is 14.3 Å². The van der Waals surface area contributed by atoms with Crippen LogP contribution < -0.4 is 15.4 Å². The maximum absolute atomic E-state index is 11.5. The average molecular weight is 278 g/mol. The summed E-state index contributed by atoms with van der Waals surface area (Å²) in [5.74, 6) is 0.173. The third-order valence-corrected chi connectivity index (χ3v) is 2.75. The van der Waals surface area contributed by atoms with Crippen molar-refractivity contribution in [3.63, 3.8) is 0 Å². The van der Waals surface area contributed by atoms with Crippen LogP contribution in [0.2, 0.25) is 0 Å². The Morgan fingerprint density at radius 3 is 2.75 bits per heavy atom. The third-order valence-electron chi connectivity index (χ3n) is 2.75. The molecule has 1 aromatic rings. The molecule has 0 radical (unpaired) electrons. The van der Waals surface area contributed by atoms with Gasteiger partial charge in [0, 0.05) is 6.54 Å². The summed E-state index contributed by atoms with van der Waals surface area (Å²) < 4.78 is 5.34. The number of aryl methyl sites for hydroxylation is 1. The van der Waals surface area contributed by atoms with E-state index in [1.54, 1.807) is 6.07 Å². The largest absolute Gasteiger partial charge is 0.484 e. The molecule has 20 heavy (non-hydrogen) atoms. The molecule has 0 heterocycles. The van der Waals surface area contributed by atoms with Crippen molar-refractivity contribution >= 4 is 11.9 Å². The van der Waals surface area contributed by atoms with Crippen LogP contribution in [0.4, 0.5) is 4.79 Å². The maximum atomic E-state index is 11.5. The van der Waals surface area contributed by atoms with Crippen LogP contribution in [0.25, 0.3) is 0 Å². The van der Waals surface area contributed by atoms with Crippen LogP contribution in [-0.2, 0) is 11.2 Å².